The molecule has 2 bridgehead atoms. The predicted molar refractivity (Wildman–Crippen MR) is 55.6 cm³/mol. The van der Waals surface area contributed by atoms with Crippen LogP contribution in [0.25, 0.3) is 0 Å². The van der Waals surface area contributed by atoms with Gasteiger partial charge in [0.25, 0.3) is 0 Å². The zero-order valence-corrected chi connectivity index (χ0v) is 7.80. The van der Waals surface area contributed by atoms with Gasteiger partial charge in [-0.3, -0.25) is 0 Å². The van der Waals surface area contributed by atoms with E-state index in [0.29, 0.717) is 0 Å². The molecule has 0 spiro atoms. The molecule has 0 saturated heterocycles. The van der Waals surface area contributed by atoms with E-state index in [2.05, 4.69) is 24.3 Å². The van der Waals surface area contributed by atoms with Gasteiger partial charge in [-0.05, 0) is 5.56 Å². The van der Waals surface area contributed by atoms with Gasteiger partial charge in [0.15, 0.2) is 0 Å². The molecule has 0 amide bonds. The number of fused-ring (bicyclic) bond motifs is 2. The molecule has 0 aromatic heterocycles. The van der Waals surface area contributed by atoms with Crippen LogP contribution in [-0.4, -0.2) is 5.11 Å². The molecular weight excluding hydrogens is 172 g/mol. The summed E-state index contributed by atoms with van der Waals surface area (Å²) < 4.78 is 0. The second-order valence-corrected chi connectivity index (χ2v) is 4.01. The molecular formula is C13H12O. The van der Waals surface area contributed by atoms with Gasteiger partial charge < -0.3 is 5.11 Å². The molecule has 3 rings (SSSR count). The van der Waals surface area contributed by atoms with E-state index < -0.39 is 5.60 Å². The van der Waals surface area contributed by atoms with Gasteiger partial charge in [0, 0.05) is 11.8 Å². The molecule has 1 heteroatoms. The van der Waals surface area contributed by atoms with Crippen molar-refractivity contribution >= 4 is 0 Å². The first-order chi connectivity index (χ1) is 6.82. The second-order valence-electron chi connectivity index (χ2n) is 4.01. The molecule has 1 N–H and O–H groups in total. The summed E-state index contributed by atoms with van der Waals surface area (Å²) in [6.07, 6.45) is 8.38. The fourth-order valence-electron chi connectivity index (χ4n) is 2.51. The van der Waals surface area contributed by atoms with Gasteiger partial charge in [-0.25, -0.2) is 0 Å². The standard InChI is InChI=1S/C13H12O/c14-13(10-4-2-1-3-5-10)11-6-7-12(13)9-8-11/h1-9,11-12,14H. The van der Waals surface area contributed by atoms with Gasteiger partial charge in [-0.1, -0.05) is 54.6 Å². The average molecular weight is 184 g/mol. The third kappa shape index (κ3) is 0.828. The summed E-state index contributed by atoms with van der Waals surface area (Å²) >= 11 is 0. The Kier molecular flexibility index (Phi) is 1.48. The van der Waals surface area contributed by atoms with Crippen LogP contribution in [0.2, 0.25) is 0 Å². The minimum Gasteiger partial charge on any atom is -0.383 e. The first-order valence-corrected chi connectivity index (χ1v) is 4.96. The molecule has 0 fully saturated rings. The molecule has 2 aliphatic carbocycles. The van der Waals surface area contributed by atoms with Crippen molar-refractivity contribution in [2.75, 3.05) is 0 Å². The van der Waals surface area contributed by atoms with E-state index >= 15 is 0 Å². The van der Waals surface area contributed by atoms with E-state index in [1.165, 1.54) is 0 Å². The first-order valence-electron chi connectivity index (χ1n) is 4.96. The van der Waals surface area contributed by atoms with Crippen molar-refractivity contribution in [3.63, 3.8) is 0 Å². The molecule has 0 aliphatic heterocycles. The summed E-state index contributed by atoms with van der Waals surface area (Å²) in [6, 6.07) is 9.93. The number of aliphatic hydroxyl groups is 1. The molecule has 0 saturated carbocycles. The third-order valence-corrected chi connectivity index (χ3v) is 3.30. The Balaban J connectivity index is 2.09. The zero-order chi connectivity index (χ0) is 9.60. The van der Waals surface area contributed by atoms with E-state index in [4.69, 9.17) is 0 Å². The fourth-order valence-corrected chi connectivity index (χ4v) is 2.51. The smallest absolute Gasteiger partial charge is 0.109 e. The Hall–Kier alpha value is -1.34. The van der Waals surface area contributed by atoms with Crippen molar-refractivity contribution in [1.29, 1.82) is 0 Å². The SMILES string of the molecule is OC1(c2ccccc2)C2C=CC1C=C2. The molecule has 70 valence electrons. The molecule has 0 unspecified atom stereocenters. The lowest BCUT2D eigenvalue weighted by Gasteiger charge is -2.29. The maximum atomic E-state index is 10.6. The van der Waals surface area contributed by atoms with E-state index in [9.17, 15) is 5.11 Å². The largest absolute Gasteiger partial charge is 0.383 e. The molecule has 14 heavy (non-hydrogen) atoms. The van der Waals surface area contributed by atoms with Crippen molar-refractivity contribution < 1.29 is 5.11 Å². The lowest BCUT2D eigenvalue weighted by Crippen LogP contribution is -2.32. The minimum absolute atomic E-state index is 0.162. The van der Waals surface area contributed by atoms with Crippen molar-refractivity contribution in [3.05, 3.63) is 60.2 Å². The Labute approximate surface area is 83.4 Å². The zero-order valence-electron chi connectivity index (χ0n) is 7.80. The van der Waals surface area contributed by atoms with Gasteiger partial charge in [0.05, 0.1) is 0 Å². The first kappa shape index (κ1) is 8.01. The summed E-state index contributed by atoms with van der Waals surface area (Å²) in [6.45, 7) is 0. The van der Waals surface area contributed by atoms with Gasteiger partial charge in [0.2, 0.25) is 0 Å². The van der Waals surface area contributed by atoms with Gasteiger partial charge >= 0.3 is 0 Å². The second kappa shape index (κ2) is 2.58. The Morgan fingerprint density at radius 3 is 1.86 bits per heavy atom. The number of hydrogen-bond donors (Lipinski definition) is 1. The van der Waals surface area contributed by atoms with Crippen LogP contribution in [0, 0.1) is 11.8 Å². The van der Waals surface area contributed by atoms with Crippen molar-refractivity contribution in [2.24, 2.45) is 11.8 Å². The molecule has 0 atom stereocenters. The fraction of sp³-hybridized carbons (Fsp3) is 0.231. The van der Waals surface area contributed by atoms with Crippen LogP contribution in [0.3, 0.4) is 0 Å². The highest BCUT2D eigenvalue weighted by Gasteiger charge is 2.48. The monoisotopic (exact) mass is 184 g/mol. The Morgan fingerprint density at radius 2 is 1.36 bits per heavy atom. The lowest BCUT2D eigenvalue weighted by molar-refractivity contribution is 0.00633. The van der Waals surface area contributed by atoms with Crippen LogP contribution < -0.4 is 0 Å². The topological polar surface area (TPSA) is 20.2 Å². The molecule has 1 nitrogen and oxygen atoms in total. The summed E-state index contributed by atoms with van der Waals surface area (Å²) in [5.41, 5.74) is 0.311. The van der Waals surface area contributed by atoms with Crippen molar-refractivity contribution in [3.8, 4) is 0 Å². The molecule has 1 aromatic rings. The minimum atomic E-state index is -0.707. The van der Waals surface area contributed by atoms with Crippen LogP contribution in [-0.2, 0) is 5.60 Å². The summed E-state index contributed by atoms with van der Waals surface area (Å²) in [4.78, 5) is 0. The quantitative estimate of drug-likeness (QED) is 0.664. The van der Waals surface area contributed by atoms with Gasteiger partial charge in [-0.15, -0.1) is 0 Å². The van der Waals surface area contributed by atoms with E-state index in [-0.39, 0.29) is 11.8 Å². The van der Waals surface area contributed by atoms with Crippen LogP contribution >= 0.6 is 0 Å². The summed E-state index contributed by atoms with van der Waals surface area (Å²) in [7, 11) is 0. The number of hydrogen-bond acceptors (Lipinski definition) is 1. The average Bonchev–Trinajstić information content (AvgIpc) is 2.75. The summed E-state index contributed by atoms with van der Waals surface area (Å²) in [5.74, 6) is 0.324. The van der Waals surface area contributed by atoms with Crippen LogP contribution in [0.1, 0.15) is 5.56 Å². The molecule has 0 heterocycles. The highest BCUT2D eigenvalue weighted by Crippen LogP contribution is 2.49. The van der Waals surface area contributed by atoms with Crippen LogP contribution in [0.4, 0.5) is 0 Å². The Bertz CT molecular complexity index is 373. The maximum Gasteiger partial charge on any atom is 0.109 e. The van der Waals surface area contributed by atoms with Crippen molar-refractivity contribution in [1.82, 2.24) is 0 Å². The van der Waals surface area contributed by atoms with Crippen LogP contribution in [0.15, 0.2) is 54.6 Å². The number of benzene rings is 1. The molecule has 2 aliphatic rings. The summed E-state index contributed by atoms with van der Waals surface area (Å²) in [5, 5.41) is 10.6. The van der Waals surface area contributed by atoms with Gasteiger partial charge in [0.1, 0.15) is 5.60 Å². The lowest BCUT2D eigenvalue weighted by atomic mass is 9.82. The van der Waals surface area contributed by atoms with E-state index in [1.54, 1.807) is 0 Å². The van der Waals surface area contributed by atoms with Crippen LogP contribution in [0.5, 0.6) is 0 Å². The molecule has 1 aromatic carbocycles. The highest BCUT2D eigenvalue weighted by molar-refractivity contribution is 5.40. The maximum absolute atomic E-state index is 10.6. The molecule has 0 radical (unpaired) electrons. The third-order valence-electron chi connectivity index (χ3n) is 3.30. The normalized spacial score (nSPS) is 38.1. The predicted octanol–water partition coefficient (Wildman–Crippen LogP) is 2.25. The van der Waals surface area contributed by atoms with E-state index in [1.807, 2.05) is 30.3 Å². The highest BCUT2D eigenvalue weighted by atomic mass is 16.3. The number of rotatable bonds is 1. The van der Waals surface area contributed by atoms with E-state index in [0.717, 1.165) is 5.56 Å². The van der Waals surface area contributed by atoms with Gasteiger partial charge in [-0.2, -0.15) is 0 Å². The van der Waals surface area contributed by atoms with Crippen molar-refractivity contribution in [2.45, 2.75) is 5.60 Å². The Morgan fingerprint density at radius 1 is 0.857 bits per heavy atom.